The molecule has 37 heavy (non-hydrogen) atoms. The Bertz CT molecular complexity index is 1390. The fourth-order valence-corrected chi connectivity index (χ4v) is 4.78. The van der Waals surface area contributed by atoms with Crippen LogP contribution in [0.1, 0.15) is 10.4 Å². The van der Waals surface area contributed by atoms with Gasteiger partial charge in [0.15, 0.2) is 5.65 Å². The van der Waals surface area contributed by atoms with Gasteiger partial charge in [0.1, 0.15) is 18.0 Å². The number of aromatic nitrogens is 5. The van der Waals surface area contributed by atoms with E-state index in [-0.39, 0.29) is 18.0 Å². The Morgan fingerprint density at radius 1 is 1.22 bits per heavy atom. The van der Waals surface area contributed by atoms with Crippen molar-refractivity contribution < 1.29 is 23.0 Å². The van der Waals surface area contributed by atoms with Crippen LogP contribution in [-0.2, 0) is 11.5 Å². The summed E-state index contributed by atoms with van der Waals surface area (Å²) in [4.78, 5) is 18.3. The molecule has 0 bridgehead atoms. The van der Waals surface area contributed by atoms with E-state index in [1.165, 1.54) is 39.4 Å². The fourth-order valence-electron chi connectivity index (χ4n) is 3.59. The Labute approximate surface area is 218 Å². The number of hydrogen-bond donors (Lipinski definition) is 1. The highest BCUT2D eigenvalue weighted by molar-refractivity contribution is 7.98. The highest BCUT2D eigenvalue weighted by Gasteiger charge is 2.23. The number of nitrogens with zero attached hydrogens (tertiary/aromatic N) is 5. The number of halogens is 2. The Morgan fingerprint density at radius 3 is 2.76 bits per heavy atom. The number of anilines is 1. The van der Waals surface area contributed by atoms with Gasteiger partial charge in [0.05, 0.1) is 23.8 Å². The molecular formula is C24H28F2N6O3SSi. The largest absolute Gasteiger partial charge is 0.434 e. The van der Waals surface area contributed by atoms with E-state index in [4.69, 9.17) is 9.47 Å². The lowest BCUT2D eigenvalue weighted by molar-refractivity contribution is -0.0495. The van der Waals surface area contributed by atoms with Crippen LogP contribution in [0.5, 0.6) is 5.75 Å². The summed E-state index contributed by atoms with van der Waals surface area (Å²) in [6, 6.07) is 7.56. The van der Waals surface area contributed by atoms with E-state index in [2.05, 4.69) is 40.1 Å². The van der Waals surface area contributed by atoms with Crippen molar-refractivity contribution in [3.63, 3.8) is 0 Å². The van der Waals surface area contributed by atoms with Crippen LogP contribution in [0.15, 0.2) is 53.9 Å². The predicted molar refractivity (Wildman–Crippen MR) is 141 cm³/mol. The van der Waals surface area contributed by atoms with E-state index in [1.807, 2.05) is 6.26 Å². The number of fused-ring (bicyclic) bond motifs is 1. The third-order valence-corrected chi connectivity index (χ3v) is 7.91. The van der Waals surface area contributed by atoms with Crippen molar-refractivity contribution >= 4 is 37.1 Å². The van der Waals surface area contributed by atoms with Crippen molar-refractivity contribution in [2.24, 2.45) is 0 Å². The molecule has 0 atom stereocenters. The molecule has 196 valence electrons. The van der Waals surface area contributed by atoms with Crippen molar-refractivity contribution in [2.75, 3.05) is 18.2 Å². The van der Waals surface area contributed by atoms with Crippen LogP contribution in [0, 0.1) is 0 Å². The summed E-state index contributed by atoms with van der Waals surface area (Å²) in [5.41, 5.74) is 1.69. The van der Waals surface area contributed by atoms with E-state index in [1.54, 1.807) is 30.6 Å². The molecule has 0 fully saturated rings. The van der Waals surface area contributed by atoms with Crippen molar-refractivity contribution in [3.05, 3.63) is 54.6 Å². The number of carbonyl (C=O) groups is 1. The van der Waals surface area contributed by atoms with Crippen LogP contribution in [-0.4, -0.2) is 57.8 Å². The summed E-state index contributed by atoms with van der Waals surface area (Å²) in [6.07, 6.45) is 8.01. The Balaban J connectivity index is 1.72. The van der Waals surface area contributed by atoms with Crippen molar-refractivity contribution in [2.45, 2.75) is 43.9 Å². The van der Waals surface area contributed by atoms with Crippen LogP contribution < -0.4 is 10.1 Å². The number of alkyl halides is 2. The van der Waals surface area contributed by atoms with Gasteiger partial charge in [0.2, 0.25) is 0 Å². The zero-order chi connectivity index (χ0) is 26.6. The summed E-state index contributed by atoms with van der Waals surface area (Å²) < 4.78 is 40.3. The summed E-state index contributed by atoms with van der Waals surface area (Å²) in [5.74, 6) is -0.503. The molecule has 1 amide bonds. The number of thioether (sulfide) groups is 1. The molecule has 4 aromatic rings. The molecular weight excluding hydrogens is 518 g/mol. The zero-order valence-corrected chi connectivity index (χ0v) is 22.8. The maximum Gasteiger partial charge on any atom is 0.387 e. The van der Waals surface area contributed by atoms with E-state index < -0.39 is 20.6 Å². The predicted octanol–water partition coefficient (Wildman–Crippen LogP) is 5.48. The number of nitrogens with one attached hydrogen (secondary N) is 1. The number of benzene rings is 1. The summed E-state index contributed by atoms with van der Waals surface area (Å²) in [6.45, 7) is 4.34. The van der Waals surface area contributed by atoms with Crippen LogP contribution >= 0.6 is 11.8 Å². The quantitative estimate of drug-likeness (QED) is 0.151. The SMILES string of the molecule is CSc1ccc(OC(F)F)c(-c2c(NC(=O)c3cnn4cccnc34)cnn2COCC[Si](C)(C)C)c1. The average Bonchev–Trinajstić information content (AvgIpc) is 3.45. The Kier molecular flexibility index (Phi) is 8.24. The molecule has 1 aromatic carbocycles. The maximum atomic E-state index is 13.3. The molecule has 0 aliphatic rings. The number of rotatable bonds is 11. The van der Waals surface area contributed by atoms with Crippen molar-refractivity contribution in [1.29, 1.82) is 0 Å². The molecule has 0 spiro atoms. The topological polar surface area (TPSA) is 95.6 Å². The molecule has 0 saturated heterocycles. The van der Waals surface area contributed by atoms with Crippen LogP contribution in [0.2, 0.25) is 25.7 Å². The lowest BCUT2D eigenvalue weighted by Crippen LogP contribution is -2.22. The molecule has 0 radical (unpaired) electrons. The first kappa shape index (κ1) is 26.8. The van der Waals surface area contributed by atoms with Crippen LogP contribution in [0.3, 0.4) is 0 Å². The van der Waals surface area contributed by atoms with Gasteiger partial charge in [-0.2, -0.15) is 19.0 Å². The second-order valence-corrected chi connectivity index (χ2v) is 15.9. The normalized spacial score (nSPS) is 11.9. The number of ether oxygens (including phenoxy) is 2. The summed E-state index contributed by atoms with van der Waals surface area (Å²) >= 11 is 1.45. The second-order valence-electron chi connectivity index (χ2n) is 9.40. The Hall–Kier alpha value is -3.29. The minimum atomic E-state index is -3.02. The van der Waals surface area contributed by atoms with Gasteiger partial charge >= 0.3 is 6.61 Å². The average molecular weight is 547 g/mol. The fraction of sp³-hybridized carbons (Fsp3) is 0.333. The molecule has 0 aliphatic heterocycles. The lowest BCUT2D eigenvalue weighted by Gasteiger charge is -2.17. The standard InChI is InChI=1S/C24H28F2N6O3SSi/c1-36-16-6-7-20(35-24(25)26)17(12-16)21-19(14-29-32(21)15-34-10-11-37(2,3)4)30-23(33)18-13-28-31-9-5-8-27-22(18)31/h5-9,12-14,24H,10-11,15H2,1-4H3,(H,30,33). The van der Waals surface area contributed by atoms with Gasteiger partial charge < -0.3 is 14.8 Å². The van der Waals surface area contributed by atoms with Crippen LogP contribution in [0.4, 0.5) is 14.5 Å². The van der Waals surface area contributed by atoms with Crippen molar-refractivity contribution in [3.8, 4) is 17.0 Å². The van der Waals surface area contributed by atoms with Gasteiger partial charge in [-0.3, -0.25) is 4.79 Å². The molecule has 13 heteroatoms. The van der Waals surface area contributed by atoms with Gasteiger partial charge in [-0.15, -0.1) is 11.8 Å². The van der Waals surface area contributed by atoms with Gasteiger partial charge in [-0.1, -0.05) is 19.6 Å². The molecule has 9 nitrogen and oxygen atoms in total. The molecule has 3 heterocycles. The van der Waals surface area contributed by atoms with Gasteiger partial charge in [-0.05, 0) is 36.6 Å². The monoisotopic (exact) mass is 546 g/mol. The molecule has 4 rings (SSSR count). The van der Waals surface area contributed by atoms with Crippen LogP contribution in [0.25, 0.3) is 16.9 Å². The zero-order valence-electron chi connectivity index (χ0n) is 20.9. The van der Waals surface area contributed by atoms with Gasteiger partial charge in [-0.25, -0.2) is 14.2 Å². The molecule has 0 saturated carbocycles. The van der Waals surface area contributed by atoms with Gasteiger partial charge in [0.25, 0.3) is 5.91 Å². The number of hydrogen-bond acceptors (Lipinski definition) is 7. The summed E-state index contributed by atoms with van der Waals surface area (Å²) in [7, 11) is -1.31. The maximum absolute atomic E-state index is 13.3. The number of carbonyl (C=O) groups excluding carboxylic acids is 1. The van der Waals surface area contributed by atoms with Crippen molar-refractivity contribution in [1.82, 2.24) is 24.4 Å². The second kappa shape index (κ2) is 11.4. The smallest absolute Gasteiger partial charge is 0.387 e. The third-order valence-electron chi connectivity index (χ3n) is 5.48. The third kappa shape index (κ3) is 6.53. The van der Waals surface area contributed by atoms with E-state index in [0.717, 1.165) is 10.9 Å². The minimum absolute atomic E-state index is 0.0372. The highest BCUT2D eigenvalue weighted by Crippen LogP contribution is 2.38. The molecule has 1 N–H and O–H groups in total. The summed E-state index contributed by atoms with van der Waals surface area (Å²) in [5, 5.41) is 11.4. The molecule has 0 unspecified atom stereocenters. The van der Waals surface area contributed by atoms with E-state index in [0.29, 0.717) is 29.2 Å². The molecule has 0 aliphatic carbocycles. The first-order valence-corrected chi connectivity index (χ1v) is 16.5. The highest BCUT2D eigenvalue weighted by atomic mass is 32.2. The molecule has 3 aromatic heterocycles. The number of amides is 1. The van der Waals surface area contributed by atoms with E-state index in [9.17, 15) is 13.6 Å². The lowest BCUT2D eigenvalue weighted by atomic mass is 10.1. The first-order chi connectivity index (χ1) is 17.7. The van der Waals surface area contributed by atoms with E-state index >= 15 is 0 Å². The minimum Gasteiger partial charge on any atom is -0.434 e. The van der Waals surface area contributed by atoms with Gasteiger partial charge in [0, 0.05) is 37.5 Å². The Morgan fingerprint density at radius 2 is 2.03 bits per heavy atom. The first-order valence-electron chi connectivity index (χ1n) is 11.5.